The predicted molar refractivity (Wildman–Crippen MR) is 109 cm³/mol. The lowest BCUT2D eigenvalue weighted by molar-refractivity contribution is 0.198. The Labute approximate surface area is 165 Å². The van der Waals surface area contributed by atoms with Crippen LogP contribution in [0.25, 0.3) is 10.2 Å². The molecule has 0 aliphatic carbocycles. The van der Waals surface area contributed by atoms with Gasteiger partial charge in [0.05, 0.1) is 20.6 Å². The first-order valence-electron chi connectivity index (χ1n) is 8.89. The van der Waals surface area contributed by atoms with Crippen LogP contribution in [0.1, 0.15) is 18.5 Å². The van der Waals surface area contributed by atoms with Crippen molar-refractivity contribution >= 4 is 38.5 Å². The van der Waals surface area contributed by atoms with Crippen LogP contribution in [-0.4, -0.2) is 57.3 Å². The first-order chi connectivity index (χ1) is 13.2. The maximum absolute atomic E-state index is 11.7. The predicted octanol–water partition coefficient (Wildman–Crippen LogP) is 2.21. The zero-order valence-electron chi connectivity index (χ0n) is 15.3. The summed E-state index contributed by atoms with van der Waals surface area (Å²) in [5.41, 5.74) is 4.28. The van der Waals surface area contributed by atoms with Gasteiger partial charge in [-0.1, -0.05) is 6.07 Å². The molecule has 1 saturated heterocycles. The van der Waals surface area contributed by atoms with Crippen molar-refractivity contribution < 1.29 is 4.21 Å². The third-order valence-electron chi connectivity index (χ3n) is 5.00. The zero-order chi connectivity index (χ0) is 18.8. The maximum atomic E-state index is 11.7. The first-order valence-corrected chi connectivity index (χ1v) is 10.9. The molecular formula is C18H22N6OS2. The normalized spacial score (nSPS) is 17.9. The lowest BCUT2D eigenvalue weighted by atomic mass is 10.1. The van der Waals surface area contributed by atoms with Crippen molar-refractivity contribution in [2.75, 3.05) is 38.1 Å². The van der Waals surface area contributed by atoms with Crippen molar-refractivity contribution in [3.63, 3.8) is 0 Å². The molecule has 0 amide bonds. The van der Waals surface area contributed by atoms with Gasteiger partial charge < -0.3 is 4.90 Å². The summed E-state index contributed by atoms with van der Waals surface area (Å²) in [7, 11) is 0.399. The molecule has 1 N–H and O–H groups in total. The molecule has 4 rings (SSSR count). The van der Waals surface area contributed by atoms with Crippen LogP contribution in [0.5, 0.6) is 0 Å². The third kappa shape index (κ3) is 3.86. The molecule has 142 valence electrons. The number of thiazole rings is 1. The summed E-state index contributed by atoms with van der Waals surface area (Å²) in [6.45, 7) is 5.89. The molecule has 0 bridgehead atoms. The fourth-order valence-electron chi connectivity index (χ4n) is 3.34. The number of hydrogen-bond acceptors (Lipinski definition) is 7. The van der Waals surface area contributed by atoms with Crippen LogP contribution in [0.3, 0.4) is 0 Å². The Morgan fingerprint density at radius 3 is 2.59 bits per heavy atom. The van der Waals surface area contributed by atoms with Gasteiger partial charge in [0.1, 0.15) is 11.0 Å². The van der Waals surface area contributed by atoms with Crippen molar-refractivity contribution in [1.29, 1.82) is 0 Å². The molecule has 3 heterocycles. The minimum atomic E-state index is -1.25. The Bertz CT molecular complexity index is 936. The minimum absolute atomic E-state index is 0.347. The maximum Gasteiger partial charge on any atom is 0.225 e. The monoisotopic (exact) mass is 402 g/mol. The molecule has 0 spiro atoms. The Balaban J connectivity index is 1.40. The van der Waals surface area contributed by atoms with E-state index in [-0.39, 0.29) is 0 Å². The highest BCUT2D eigenvalue weighted by atomic mass is 32.2. The lowest BCUT2D eigenvalue weighted by Gasteiger charge is -2.38. The van der Waals surface area contributed by atoms with Crippen LogP contribution < -0.4 is 9.62 Å². The van der Waals surface area contributed by atoms with Crippen LogP contribution in [0, 0.1) is 0 Å². The summed E-state index contributed by atoms with van der Waals surface area (Å²) in [5, 5.41) is 0. The standard InChI is InChI=1S/C18H22N6OS2/c1-13(14-3-4-17-16(9-14)22-12-26-17)23-5-7-24(8-6-23)18-20-10-15(11-21-18)27(25)19-2/h3-4,9-13,19H,5-8H2,1-2H3. The number of anilines is 1. The molecular weight excluding hydrogens is 380 g/mol. The van der Waals surface area contributed by atoms with E-state index in [0.29, 0.717) is 16.9 Å². The Morgan fingerprint density at radius 1 is 1.15 bits per heavy atom. The quantitative estimate of drug-likeness (QED) is 0.705. The van der Waals surface area contributed by atoms with E-state index >= 15 is 0 Å². The first kappa shape index (κ1) is 18.4. The molecule has 27 heavy (non-hydrogen) atoms. The second kappa shape index (κ2) is 7.97. The fraction of sp³-hybridized carbons (Fsp3) is 0.389. The van der Waals surface area contributed by atoms with Gasteiger partial charge in [0.25, 0.3) is 0 Å². The lowest BCUT2D eigenvalue weighted by Crippen LogP contribution is -2.47. The number of hydrogen-bond donors (Lipinski definition) is 1. The van der Waals surface area contributed by atoms with E-state index in [2.05, 4.69) is 54.6 Å². The topological polar surface area (TPSA) is 74.2 Å². The summed E-state index contributed by atoms with van der Waals surface area (Å²) in [5.74, 6) is 0.697. The van der Waals surface area contributed by atoms with Gasteiger partial charge in [-0.3, -0.25) is 4.90 Å². The molecule has 1 aliphatic heterocycles. The van der Waals surface area contributed by atoms with Crippen molar-refractivity contribution in [2.24, 2.45) is 0 Å². The summed E-state index contributed by atoms with van der Waals surface area (Å²) >= 11 is 1.68. The second-order valence-corrected chi connectivity index (χ2v) is 8.77. The summed E-state index contributed by atoms with van der Waals surface area (Å²) < 4.78 is 15.6. The van der Waals surface area contributed by atoms with Crippen LogP contribution in [0.2, 0.25) is 0 Å². The van der Waals surface area contributed by atoms with Crippen molar-refractivity contribution in [3.05, 3.63) is 41.7 Å². The SMILES string of the molecule is CNS(=O)c1cnc(N2CCN(C(C)c3ccc4scnc4c3)CC2)nc1. The smallest absolute Gasteiger partial charge is 0.225 e. The molecule has 2 aromatic heterocycles. The molecule has 2 atom stereocenters. The van der Waals surface area contributed by atoms with Crippen molar-refractivity contribution in [2.45, 2.75) is 17.9 Å². The van der Waals surface area contributed by atoms with Gasteiger partial charge in [0.15, 0.2) is 0 Å². The van der Waals surface area contributed by atoms with Gasteiger partial charge in [-0.25, -0.2) is 23.9 Å². The number of benzene rings is 1. The molecule has 0 radical (unpaired) electrons. The van der Waals surface area contributed by atoms with Gasteiger partial charge in [0.2, 0.25) is 5.95 Å². The molecule has 1 aliphatic rings. The Morgan fingerprint density at radius 2 is 1.89 bits per heavy atom. The van der Waals surface area contributed by atoms with Crippen LogP contribution in [0.4, 0.5) is 5.95 Å². The molecule has 1 fully saturated rings. The highest BCUT2D eigenvalue weighted by Crippen LogP contribution is 2.27. The van der Waals surface area contributed by atoms with E-state index in [1.54, 1.807) is 30.8 Å². The number of aromatic nitrogens is 3. The molecule has 1 aromatic carbocycles. The van der Waals surface area contributed by atoms with Crippen molar-refractivity contribution in [1.82, 2.24) is 24.6 Å². The minimum Gasteiger partial charge on any atom is -0.338 e. The van der Waals surface area contributed by atoms with Crippen LogP contribution >= 0.6 is 11.3 Å². The Hall–Kier alpha value is -1.94. The highest BCUT2D eigenvalue weighted by Gasteiger charge is 2.23. The average molecular weight is 403 g/mol. The number of piperazine rings is 1. The number of fused-ring (bicyclic) bond motifs is 1. The van der Waals surface area contributed by atoms with Crippen LogP contribution in [-0.2, 0) is 11.0 Å². The summed E-state index contributed by atoms with van der Waals surface area (Å²) in [4.78, 5) is 18.4. The van der Waals surface area contributed by atoms with Gasteiger partial charge >= 0.3 is 0 Å². The highest BCUT2D eigenvalue weighted by molar-refractivity contribution is 7.83. The Kier molecular flexibility index (Phi) is 5.44. The van der Waals surface area contributed by atoms with E-state index in [0.717, 1.165) is 31.7 Å². The van der Waals surface area contributed by atoms with Gasteiger partial charge in [-0.15, -0.1) is 11.3 Å². The van der Waals surface area contributed by atoms with E-state index in [4.69, 9.17) is 0 Å². The van der Waals surface area contributed by atoms with E-state index in [1.807, 2.05) is 5.51 Å². The largest absolute Gasteiger partial charge is 0.338 e. The number of rotatable bonds is 5. The third-order valence-corrected chi connectivity index (χ3v) is 6.82. The van der Waals surface area contributed by atoms with Gasteiger partial charge in [-0.2, -0.15) is 0 Å². The number of nitrogens with zero attached hydrogens (tertiary/aromatic N) is 5. The molecule has 7 nitrogen and oxygen atoms in total. The van der Waals surface area contributed by atoms with Gasteiger partial charge in [-0.05, 0) is 31.7 Å². The summed E-state index contributed by atoms with van der Waals surface area (Å²) in [6, 6.07) is 6.92. The fourth-order valence-corrected chi connectivity index (χ4v) is 4.53. The molecule has 3 aromatic rings. The zero-order valence-corrected chi connectivity index (χ0v) is 17.0. The second-order valence-electron chi connectivity index (χ2n) is 6.47. The van der Waals surface area contributed by atoms with Gasteiger partial charge in [0, 0.05) is 44.6 Å². The molecule has 9 heteroatoms. The van der Waals surface area contributed by atoms with Crippen molar-refractivity contribution in [3.8, 4) is 0 Å². The van der Waals surface area contributed by atoms with Crippen LogP contribution in [0.15, 0.2) is 41.0 Å². The van der Waals surface area contributed by atoms with E-state index in [9.17, 15) is 4.21 Å². The number of nitrogens with one attached hydrogen (secondary N) is 1. The summed E-state index contributed by atoms with van der Waals surface area (Å²) in [6.07, 6.45) is 3.26. The average Bonchev–Trinajstić information content (AvgIpc) is 3.21. The van der Waals surface area contributed by atoms with E-state index < -0.39 is 11.0 Å². The molecule has 0 saturated carbocycles. The molecule has 2 unspecified atom stereocenters. The van der Waals surface area contributed by atoms with E-state index in [1.165, 1.54) is 10.3 Å².